The molecule has 3 nitrogen and oxygen atoms in total. The Morgan fingerprint density at radius 2 is 1.95 bits per heavy atom. The SMILES string of the molecule is O=C1CCc2ncccc2N1Cc1ccc(F)cc1. The summed E-state index contributed by atoms with van der Waals surface area (Å²) in [7, 11) is 0. The summed E-state index contributed by atoms with van der Waals surface area (Å²) >= 11 is 0. The van der Waals surface area contributed by atoms with Crippen LogP contribution in [0.1, 0.15) is 17.7 Å². The number of aryl methyl sites for hydroxylation is 1. The Kier molecular flexibility index (Phi) is 2.99. The number of amides is 1. The van der Waals surface area contributed by atoms with Gasteiger partial charge < -0.3 is 4.90 Å². The van der Waals surface area contributed by atoms with Gasteiger partial charge in [0.1, 0.15) is 5.82 Å². The number of hydrogen-bond acceptors (Lipinski definition) is 2. The van der Waals surface area contributed by atoms with Crippen molar-refractivity contribution in [3.63, 3.8) is 0 Å². The molecule has 4 heteroatoms. The number of anilines is 1. The molecule has 0 aliphatic carbocycles. The van der Waals surface area contributed by atoms with Gasteiger partial charge >= 0.3 is 0 Å². The van der Waals surface area contributed by atoms with Crippen molar-refractivity contribution < 1.29 is 9.18 Å². The van der Waals surface area contributed by atoms with E-state index >= 15 is 0 Å². The Bertz CT molecular complexity index is 610. The quantitative estimate of drug-likeness (QED) is 0.827. The minimum absolute atomic E-state index is 0.0878. The molecule has 96 valence electrons. The highest BCUT2D eigenvalue weighted by Gasteiger charge is 2.24. The molecule has 1 aliphatic rings. The van der Waals surface area contributed by atoms with Gasteiger partial charge in [0.2, 0.25) is 5.91 Å². The van der Waals surface area contributed by atoms with Gasteiger partial charge in [-0.3, -0.25) is 9.78 Å². The van der Waals surface area contributed by atoms with E-state index in [9.17, 15) is 9.18 Å². The molecule has 1 aromatic heterocycles. The van der Waals surface area contributed by atoms with Crippen LogP contribution in [0.2, 0.25) is 0 Å². The van der Waals surface area contributed by atoms with E-state index in [-0.39, 0.29) is 11.7 Å². The molecule has 0 saturated carbocycles. The van der Waals surface area contributed by atoms with Crippen molar-refractivity contribution in [2.24, 2.45) is 0 Å². The van der Waals surface area contributed by atoms with Crippen LogP contribution in [0.4, 0.5) is 10.1 Å². The van der Waals surface area contributed by atoms with Gasteiger partial charge in [0.15, 0.2) is 0 Å². The highest BCUT2D eigenvalue weighted by atomic mass is 19.1. The summed E-state index contributed by atoms with van der Waals surface area (Å²) < 4.78 is 12.9. The molecule has 2 heterocycles. The van der Waals surface area contributed by atoms with Gasteiger partial charge in [0.05, 0.1) is 17.9 Å². The Morgan fingerprint density at radius 3 is 2.74 bits per heavy atom. The maximum atomic E-state index is 12.9. The second-order valence-electron chi connectivity index (χ2n) is 4.58. The third-order valence-electron chi connectivity index (χ3n) is 3.29. The largest absolute Gasteiger partial charge is 0.306 e. The number of carbonyl (C=O) groups is 1. The first-order chi connectivity index (χ1) is 9.24. The molecule has 3 rings (SSSR count). The van der Waals surface area contributed by atoms with Crippen LogP contribution in [-0.4, -0.2) is 10.9 Å². The van der Waals surface area contributed by atoms with Crippen molar-refractivity contribution in [3.8, 4) is 0 Å². The number of aromatic nitrogens is 1. The Morgan fingerprint density at radius 1 is 1.16 bits per heavy atom. The third kappa shape index (κ3) is 2.34. The molecule has 1 aromatic carbocycles. The lowest BCUT2D eigenvalue weighted by molar-refractivity contribution is -0.119. The number of carbonyl (C=O) groups excluding carboxylic acids is 1. The number of pyridine rings is 1. The first kappa shape index (κ1) is 11.8. The van der Waals surface area contributed by atoms with Crippen LogP contribution in [0.3, 0.4) is 0 Å². The number of nitrogens with zero attached hydrogens (tertiary/aromatic N) is 2. The molecule has 1 amide bonds. The zero-order chi connectivity index (χ0) is 13.2. The molecule has 0 bridgehead atoms. The van der Waals surface area contributed by atoms with E-state index in [2.05, 4.69) is 4.98 Å². The van der Waals surface area contributed by atoms with Crippen molar-refractivity contribution in [2.45, 2.75) is 19.4 Å². The Labute approximate surface area is 110 Å². The number of halogens is 1. The molecule has 0 radical (unpaired) electrons. The third-order valence-corrected chi connectivity index (χ3v) is 3.29. The fraction of sp³-hybridized carbons (Fsp3) is 0.200. The molecule has 0 atom stereocenters. The van der Waals surface area contributed by atoms with Gasteiger partial charge in [-0.05, 0) is 29.8 Å². The van der Waals surface area contributed by atoms with Crippen LogP contribution in [0.25, 0.3) is 0 Å². The molecule has 0 spiro atoms. The minimum Gasteiger partial charge on any atom is -0.306 e. The summed E-state index contributed by atoms with van der Waals surface area (Å²) in [5.74, 6) is -0.180. The van der Waals surface area contributed by atoms with E-state index < -0.39 is 0 Å². The standard InChI is InChI=1S/C15H13FN2O/c16-12-5-3-11(4-6-12)10-18-14-2-1-9-17-13(14)7-8-15(18)19/h1-6,9H,7-8,10H2. The van der Waals surface area contributed by atoms with Crippen molar-refractivity contribution in [2.75, 3.05) is 4.90 Å². The van der Waals surface area contributed by atoms with Gasteiger partial charge in [0.25, 0.3) is 0 Å². The van der Waals surface area contributed by atoms with Crippen LogP contribution >= 0.6 is 0 Å². The van der Waals surface area contributed by atoms with Gasteiger partial charge in [-0.2, -0.15) is 0 Å². The van der Waals surface area contributed by atoms with Gasteiger partial charge in [-0.25, -0.2) is 4.39 Å². The second-order valence-corrected chi connectivity index (χ2v) is 4.58. The normalized spacial score (nSPS) is 14.4. The highest BCUT2D eigenvalue weighted by Crippen LogP contribution is 2.27. The van der Waals surface area contributed by atoms with Crippen LogP contribution in [0.5, 0.6) is 0 Å². The molecule has 0 fully saturated rings. The summed E-state index contributed by atoms with van der Waals surface area (Å²) in [5, 5.41) is 0. The van der Waals surface area contributed by atoms with E-state index in [0.717, 1.165) is 16.9 Å². The van der Waals surface area contributed by atoms with Gasteiger partial charge in [-0.15, -0.1) is 0 Å². The molecule has 0 saturated heterocycles. The van der Waals surface area contributed by atoms with E-state index in [1.165, 1.54) is 12.1 Å². The van der Waals surface area contributed by atoms with E-state index in [1.54, 1.807) is 23.2 Å². The van der Waals surface area contributed by atoms with E-state index in [1.807, 2.05) is 12.1 Å². The summed E-state index contributed by atoms with van der Waals surface area (Å²) in [6.07, 6.45) is 2.91. The van der Waals surface area contributed by atoms with E-state index in [0.29, 0.717) is 19.4 Å². The summed E-state index contributed by atoms with van der Waals surface area (Å²) in [5.41, 5.74) is 2.72. The highest BCUT2D eigenvalue weighted by molar-refractivity contribution is 5.95. The average Bonchev–Trinajstić information content (AvgIpc) is 2.44. The van der Waals surface area contributed by atoms with Crippen LogP contribution in [0, 0.1) is 5.82 Å². The van der Waals surface area contributed by atoms with Crippen molar-refractivity contribution in [3.05, 3.63) is 59.7 Å². The average molecular weight is 256 g/mol. The number of rotatable bonds is 2. The molecule has 2 aromatic rings. The van der Waals surface area contributed by atoms with Gasteiger partial charge in [-0.1, -0.05) is 12.1 Å². The molecule has 19 heavy (non-hydrogen) atoms. The number of fused-ring (bicyclic) bond motifs is 1. The number of hydrogen-bond donors (Lipinski definition) is 0. The Hall–Kier alpha value is -2.23. The topological polar surface area (TPSA) is 33.2 Å². The molecule has 1 aliphatic heterocycles. The van der Waals surface area contributed by atoms with Crippen LogP contribution in [-0.2, 0) is 17.8 Å². The van der Waals surface area contributed by atoms with Crippen molar-refractivity contribution in [1.29, 1.82) is 0 Å². The summed E-state index contributed by atoms with van der Waals surface area (Å²) in [6.45, 7) is 0.456. The van der Waals surface area contributed by atoms with E-state index in [4.69, 9.17) is 0 Å². The van der Waals surface area contributed by atoms with Crippen molar-refractivity contribution in [1.82, 2.24) is 4.98 Å². The first-order valence-corrected chi connectivity index (χ1v) is 6.23. The lowest BCUT2D eigenvalue weighted by atomic mass is 10.1. The molecular formula is C15H13FN2O. The number of benzene rings is 1. The monoisotopic (exact) mass is 256 g/mol. The fourth-order valence-electron chi connectivity index (χ4n) is 2.31. The molecular weight excluding hydrogens is 243 g/mol. The molecule has 0 N–H and O–H groups in total. The van der Waals surface area contributed by atoms with Crippen LogP contribution in [0.15, 0.2) is 42.6 Å². The lowest BCUT2D eigenvalue weighted by Crippen LogP contribution is -2.34. The predicted octanol–water partition coefficient (Wildman–Crippen LogP) is 2.70. The second kappa shape index (κ2) is 4.80. The fourth-order valence-corrected chi connectivity index (χ4v) is 2.31. The zero-order valence-electron chi connectivity index (χ0n) is 10.3. The van der Waals surface area contributed by atoms with Gasteiger partial charge in [0, 0.05) is 19.0 Å². The lowest BCUT2D eigenvalue weighted by Gasteiger charge is -2.28. The van der Waals surface area contributed by atoms with Crippen LogP contribution < -0.4 is 4.90 Å². The zero-order valence-corrected chi connectivity index (χ0v) is 10.3. The molecule has 0 unspecified atom stereocenters. The maximum Gasteiger partial charge on any atom is 0.227 e. The predicted molar refractivity (Wildman–Crippen MR) is 70.1 cm³/mol. The Balaban J connectivity index is 1.91. The summed E-state index contributed by atoms with van der Waals surface area (Å²) in [6, 6.07) is 9.96. The first-order valence-electron chi connectivity index (χ1n) is 6.23. The smallest absolute Gasteiger partial charge is 0.227 e. The summed E-state index contributed by atoms with van der Waals surface area (Å²) in [4.78, 5) is 18.1. The van der Waals surface area contributed by atoms with Crippen molar-refractivity contribution >= 4 is 11.6 Å². The minimum atomic E-state index is -0.268. The maximum absolute atomic E-state index is 12.9.